The van der Waals surface area contributed by atoms with Crippen LogP contribution in [0, 0.1) is 0 Å². The number of amides is 2. The van der Waals surface area contributed by atoms with Gasteiger partial charge in [-0.15, -0.1) is 0 Å². The number of ether oxygens (including phenoxy) is 4. The Morgan fingerprint density at radius 1 is 0.927 bits per heavy atom. The summed E-state index contributed by atoms with van der Waals surface area (Å²) in [5.74, 6) is 0.103. The van der Waals surface area contributed by atoms with Gasteiger partial charge in [0.05, 0.1) is 65.1 Å². The molecular weight excluding hydrogens is 522 g/mol. The van der Waals surface area contributed by atoms with Crippen molar-refractivity contribution in [2.75, 3.05) is 65.9 Å². The predicted octanol–water partition coefficient (Wildman–Crippen LogP) is 4.01. The summed E-state index contributed by atoms with van der Waals surface area (Å²) in [6.45, 7) is 15.6. The minimum Gasteiger partial charge on any atom is -0.378 e. The maximum Gasteiger partial charge on any atom is 0.220 e. The lowest BCUT2D eigenvalue weighted by molar-refractivity contribution is -0.121. The van der Waals surface area contributed by atoms with Gasteiger partial charge in [0.25, 0.3) is 0 Å². The predicted molar refractivity (Wildman–Crippen MR) is 164 cm³/mol. The number of benzene rings is 1. The average molecular weight is 572 g/mol. The highest BCUT2D eigenvalue weighted by Crippen LogP contribution is 2.23. The van der Waals surface area contributed by atoms with Gasteiger partial charge in [-0.1, -0.05) is 75.4 Å². The minimum atomic E-state index is 0.103. The molecule has 41 heavy (non-hydrogen) atoms. The Balaban J connectivity index is 0.000000420. The summed E-state index contributed by atoms with van der Waals surface area (Å²) in [4.78, 5) is 24.3. The average Bonchev–Trinajstić information content (AvgIpc) is 2.98. The van der Waals surface area contributed by atoms with Crippen LogP contribution in [-0.4, -0.2) is 83.2 Å². The molecule has 0 fully saturated rings. The molecule has 1 heterocycles. The molecule has 9 heteroatoms. The molecule has 1 aromatic carbocycles. The Hall–Kier alpha value is -3.08. The number of hydrogen-bond acceptors (Lipinski definition) is 7. The number of nitrogens with zero attached hydrogens (tertiary/aromatic N) is 1. The summed E-state index contributed by atoms with van der Waals surface area (Å²) in [7, 11) is 0. The molecule has 0 bridgehead atoms. The van der Waals surface area contributed by atoms with Crippen molar-refractivity contribution >= 4 is 18.4 Å². The molecule has 1 aliphatic rings. The van der Waals surface area contributed by atoms with E-state index in [-0.39, 0.29) is 5.91 Å². The number of carbonyl (C=O) groups is 2. The van der Waals surface area contributed by atoms with Crippen molar-refractivity contribution in [1.29, 1.82) is 0 Å². The van der Waals surface area contributed by atoms with Crippen LogP contribution in [0.3, 0.4) is 0 Å². The van der Waals surface area contributed by atoms with Gasteiger partial charge in [-0.05, 0) is 29.2 Å². The van der Waals surface area contributed by atoms with E-state index in [1.54, 1.807) is 17.1 Å². The molecular formula is C32H49N3O6. The van der Waals surface area contributed by atoms with Gasteiger partial charge in [0.1, 0.15) is 0 Å². The van der Waals surface area contributed by atoms with Crippen molar-refractivity contribution in [2.45, 2.75) is 39.2 Å². The lowest BCUT2D eigenvalue weighted by Gasteiger charge is -2.23. The standard InChI is InChI=1S/C16H34N2O5.C16H15NO/c1-2-3-4-5-16(19)18-7-9-21-11-13-23-15-14-22-12-10-20-8-6-17;1-3-13-9-10-14-7-5-6-8-15(14)11-17(12-18)16(13)4-2/h2-15,17H2,1H3,(H,18,19);3-10,12H,1-2,11H2/b;10-9-,16-13-. The van der Waals surface area contributed by atoms with E-state index in [0.29, 0.717) is 78.9 Å². The van der Waals surface area contributed by atoms with Crippen LogP contribution in [0.5, 0.6) is 0 Å². The van der Waals surface area contributed by atoms with Crippen molar-refractivity contribution in [3.63, 3.8) is 0 Å². The number of rotatable bonds is 21. The maximum absolute atomic E-state index is 11.4. The van der Waals surface area contributed by atoms with Crippen molar-refractivity contribution in [3.8, 4) is 0 Å². The third-order valence-electron chi connectivity index (χ3n) is 5.94. The third-order valence-corrected chi connectivity index (χ3v) is 5.94. The van der Waals surface area contributed by atoms with E-state index in [9.17, 15) is 9.59 Å². The van der Waals surface area contributed by atoms with Crippen molar-refractivity contribution in [2.24, 2.45) is 5.73 Å². The zero-order valence-corrected chi connectivity index (χ0v) is 24.7. The van der Waals surface area contributed by atoms with Gasteiger partial charge in [0, 0.05) is 19.5 Å². The van der Waals surface area contributed by atoms with Gasteiger partial charge in [-0.3, -0.25) is 9.59 Å². The van der Waals surface area contributed by atoms with Gasteiger partial charge >= 0.3 is 0 Å². The second-order valence-electron chi connectivity index (χ2n) is 9.06. The lowest BCUT2D eigenvalue weighted by atomic mass is 10.0. The largest absolute Gasteiger partial charge is 0.378 e. The molecule has 0 atom stereocenters. The van der Waals surface area contributed by atoms with Crippen LogP contribution in [0.1, 0.15) is 43.7 Å². The normalized spacial score (nSPS) is 15.0. The lowest BCUT2D eigenvalue weighted by Crippen LogP contribution is -2.27. The number of unbranched alkanes of at least 4 members (excludes halogenated alkanes) is 2. The van der Waals surface area contributed by atoms with Crippen molar-refractivity contribution < 1.29 is 28.5 Å². The fourth-order valence-corrected chi connectivity index (χ4v) is 3.77. The van der Waals surface area contributed by atoms with Crippen LogP contribution >= 0.6 is 0 Å². The van der Waals surface area contributed by atoms with Crippen LogP contribution < -0.4 is 11.1 Å². The molecule has 0 saturated heterocycles. The fourth-order valence-electron chi connectivity index (χ4n) is 3.77. The van der Waals surface area contributed by atoms with E-state index in [1.165, 1.54) is 0 Å². The van der Waals surface area contributed by atoms with Gasteiger partial charge < -0.3 is 34.9 Å². The molecule has 9 nitrogen and oxygen atoms in total. The first kappa shape index (κ1) is 35.9. The molecule has 0 unspecified atom stereocenters. The summed E-state index contributed by atoms with van der Waals surface area (Å²) in [5.41, 5.74) is 9.20. The number of hydrogen-bond donors (Lipinski definition) is 2. The van der Waals surface area contributed by atoms with Crippen molar-refractivity contribution in [1.82, 2.24) is 10.2 Å². The van der Waals surface area contributed by atoms with Crippen LogP contribution in [0.2, 0.25) is 0 Å². The SMILES string of the molecule is C=CC1=C(\C=C)N(C=O)Cc2ccccc2/C=C\1.CCCCCC(=O)NCCOCCOCCOCCOCCN. The maximum atomic E-state index is 11.4. The number of nitrogens with two attached hydrogens (primary N) is 1. The number of allylic oxidation sites excluding steroid dienone is 4. The number of fused-ring (bicyclic) bond motifs is 1. The van der Waals surface area contributed by atoms with Crippen LogP contribution in [-0.2, 0) is 35.1 Å². The smallest absolute Gasteiger partial charge is 0.220 e. The second kappa shape index (κ2) is 24.7. The summed E-state index contributed by atoms with van der Waals surface area (Å²) in [6.07, 6.45) is 12.0. The van der Waals surface area contributed by atoms with E-state index in [4.69, 9.17) is 24.7 Å². The minimum absolute atomic E-state index is 0.103. The summed E-state index contributed by atoms with van der Waals surface area (Å²) < 4.78 is 21.2. The van der Waals surface area contributed by atoms with Gasteiger partial charge in [-0.2, -0.15) is 0 Å². The summed E-state index contributed by atoms with van der Waals surface area (Å²) in [5, 5.41) is 2.84. The molecule has 2 rings (SSSR count). The fraction of sp³-hybridized carbons (Fsp3) is 0.500. The monoisotopic (exact) mass is 571 g/mol. The Labute approximate surface area is 246 Å². The molecule has 1 aromatic rings. The summed E-state index contributed by atoms with van der Waals surface area (Å²) in [6, 6.07) is 8.02. The first-order chi connectivity index (χ1) is 20.1. The summed E-state index contributed by atoms with van der Waals surface area (Å²) >= 11 is 0. The Morgan fingerprint density at radius 2 is 1.56 bits per heavy atom. The molecule has 1 aliphatic heterocycles. The molecule has 228 valence electrons. The first-order valence-corrected chi connectivity index (χ1v) is 14.4. The second-order valence-corrected chi connectivity index (χ2v) is 9.06. The molecule has 2 amide bonds. The van der Waals surface area contributed by atoms with Gasteiger partial charge in [0.15, 0.2) is 0 Å². The Kier molecular flexibility index (Phi) is 21.7. The molecule has 3 N–H and O–H groups in total. The van der Waals surface area contributed by atoms with Gasteiger partial charge in [-0.25, -0.2) is 0 Å². The van der Waals surface area contributed by atoms with Crippen LogP contribution in [0.25, 0.3) is 6.08 Å². The quantitative estimate of drug-likeness (QED) is 0.169. The van der Waals surface area contributed by atoms with E-state index in [1.807, 2.05) is 36.4 Å². The Bertz CT molecular complexity index is 947. The van der Waals surface area contributed by atoms with E-state index >= 15 is 0 Å². The van der Waals surface area contributed by atoms with Crippen LogP contribution in [0.4, 0.5) is 0 Å². The van der Waals surface area contributed by atoms with Crippen molar-refractivity contribution in [3.05, 3.63) is 78.0 Å². The first-order valence-electron chi connectivity index (χ1n) is 14.4. The van der Waals surface area contributed by atoms with E-state index in [2.05, 4.69) is 25.4 Å². The molecule has 0 spiro atoms. The molecule has 0 aliphatic carbocycles. The Morgan fingerprint density at radius 3 is 2.15 bits per heavy atom. The highest BCUT2D eigenvalue weighted by atomic mass is 16.6. The van der Waals surface area contributed by atoms with Gasteiger partial charge in [0.2, 0.25) is 12.3 Å². The topological polar surface area (TPSA) is 112 Å². The number of nitrogens with one attached hydrogen (secondary N) is 1. The highest BCUT2D eigenvalue weighted by Gasteiger charge is 2.13. The van der Waals surface area contributed by atoms with Crippen LogP contribution in [0.15, 0.2) is 66.9 Å². The highest BCUT2D eigenvalue weighted by molar-refractivity contribution is 5.75. The van der Waals surface area contributed by atoms with E-state index < -0.39 is 0 Å². The van der Waals surface area contributed by atoms with E-state index in [0.717, 1.165) is 48.1 Å². The molecule has 0 radical (unpaired) electrons. The third kappa shape index (κ3) is 16.7. The zero-order valence-electron chi connectivity index (χ0n) is 24.7. The number of carbonyl (C=O) groups excluding carboxylic acids is 2. The zero-order chi connectivity index (χ0) is 30.0. The molecule has 0 saturated carbocycles. The molecule has 0 aromatic heterocycles.